The minimum Gasteiger partial charge on any atom is -0.480 e. The zero-order valence-corrected chi connectivity index (χ0v) is 7.61. The molecule has 0 aliphatic heterocycles. The minimum atomic E-state index is 0.596. The highest BCUT2D eigenvalue weighted by molar-refractivity contribution is 5.74. The number of ether oxygens (including phenoxy) is 1. The number of hydrogen-bond acceptors (Lipinski definition) is 3. The van der Waals surface area contributed by atoms with Crippen molar-refractivity contribution in [1.29, 1.82) is 0 Å². The van der Waals surface area contributed by atoms with E-state index in [0.717, 1.165) is 16.7 Å². The molecule has 0 fully saturated rings. The highest BCUT2D eigenvalue weighted by Gasteiger charge is 2.03. The molecule has 2 rings (SSSR count). The molecule has 0 saturated carbocycles. The lowest BCUT2D eigenvalue weighted by Crippen LogP contribution is -1.94. The van der Waals surface area contributed by atoms with E-state index in [1.165, 1.54) is 0 Å². The molecule has 2 aromatic rings. The van der Waals surface area contributed by atoms with Crippen LogP contribution in [0.1, 0.15) is 5.69 Å². The average molecular weight is 174 g/mol. The third-order valence-electron chi connectivity index (χ3n) is 1.89. The first-order valence-corrected chi connectivity index (χ1v) is 4.08. The van der Waals surface area contributed by atoms with Crippen LogP contribution in [0.5, 0.6) is 5.88 Å². The molecular weight excluding hydrogens is 164 g/mol. The van der Waals surface area contributed by atoms with Gasteiger partial charge in [0.2, 0.25) is 5.88 Å². The summed E-state index contributed by atoms with van der Waals surface area (Å²) in [5, 5.41) is 0. The van der Waals surface area contributed by atoms with Crippen LogP contribution in [-0.4, -0.2) is 17.1 Å². The van der Waals surface area contributed by atoms with Crippen molar-refractivity contribution in [2.45, 2.75) is 6.92 Å². The standard InChI is InChI=1S/C10H10N2O/c1-7-10(13-2)12-9-6-4-3-5-8(9)11-7/h3-6H,1-2H3. The first kappa shape index (κ1) is 7.98. The second kappa shape index (κ2) is 3.01. The van der Waals surface area contributed by atoms with Crippen molar-refractivity contribution in [3.63, 3.8) is 0 Å². The molecule has 1 aromatic heterocycles. The Morgan fingerprint density at radius 2 is 1.69 bits per heavy atom. The van der Waals surface area contributed by atoms with Crippen molar-refractivity contribution in [1.82, 2.24) is 9.97 Å². The molecule has 3 heteroatoms. The fourth-order valence-electron chi connectivity index (χ4n) is 1.27. The summed E-state index contributed by atoms with van der Waals surface area (Å²) in [7, 11) is 1.60. The smallest absolute Gasteiger partial charge is 0.235 e. The summed E-state index contributed by atoms with van der Waals surface area (Å²) in [6.45, 7) is 1.89. The van der Waals surface area contributed by atoms with Crippen molar-refractivity contribution >= 4 is 11.0 Å². The van der Waals surface area contributed by atoms with Gasteiger partial charge in [-0.15, -0.1) is 0 Å². The Balaban J connectivity index is 2.74. The molecule has 0 unspecified atom stereocenters. The number of para-hydroxylation sites is 2. The number of aryl methyl sites for hydroxylation is 1. The van der Waals surface area contributed by atoms with Crippen LogP contribution in [0.4, 0.5) is 0 Å². The summed E-state index contributed by atoms with van der Waals surface area (Å²) in [6.07, 6.45) is 0. The summed E-state index contributed by atoms with van der Waals surface area (Å²) >= 11 is 0. The number of nitrogens with zero attached hydrogens (tertiary/aromatic N) is 2. The summed E-state index contributed by atoms with van der Waals surface area (Å²) in [5.41, 5.74) is 2.59. The summed E-state index contributed by atoms with van der Waals surface area (Å²) in [5.74, 6) is 0.596. The lowest BCUT2D eigenvalue weighted by molar-refractivity contribution is 0.394. The Kier molecular flexibility index (Phi) is 1.85. The number of benzene rings is 1. The van der Waals surface area contributed by atoms with Gasteiger partial charge in [-0.1, -0.05) is 12.1 Å². The third kappa shape index (κ3) is 1.33. The molecule has 0 bridgehead atoms. The van der Waals surface area contributed by atoms with Crippen molar-refractivity contribution < 1.29 is 4.74 Å². The first-order chi connectivity index (χ1) is 6.31. The Morgan fingerprint density at radius 1 is 1.08 bits per heavy atom. The van der Waals surface area contributed by atoms with Gasteiger partial charge in [-0.25, -0.2) is 9.97 Å². The van der Waals surface area contributed by atoms with Crippen molar-refractivity contribution in [2.75, 3.05) is 7.11 Å². The fraction of sp³-hybridized carbons (Fsp3) is 0.200. The Labute approximate surface area is 76.4 Å². The normalized spacial score (nSPS) is 10.3. The maximum Gasteiger partial charge on any atom is 0.235 e. The molecule has 0 amide bonds. The van der Waals surface area contributed by atoms with E-state index in [-0.39, 0.29) is 0 Å². The molecule has 0 aliphatic carbocycles. The van der Waals surface area contributed by atoms with Gasteiger partial charge in [0.25, 0.3) is 0 Å². The van der Waals surface area contributed by atoms with Crippen LogP contribution >= 0.6 is 0 Å². The molecule has 0 saturated heterocycles. The highest BCUT2D eigenvalue weighted by atomic mass is 16.5. The summed E-state index contributed by atoms with van der Waals surface area (Å²) in [6, 6.07) is 7.74. The molecule has 0 aliphatic rings. The van der Waals surface area contributed by atoms with Gasteiger partial charge in [0.1, 0.15) is 5.69 Å². The van der Waals surface area contributed by atoms with Crippen molar-refractivity contribution in [3.8, 4) is 5.88 Å². The van der Waals surface area contributed by atoms with Crippen molar-refractivity contribution in [3.05, 3.63) is 30.0 Å². The zero-order valence-electron chi connectivity index (χ0n) is 7.61. The van der Waals surface area contributed by atoms with E-state index < -0.39 is 0 Å². The van der Waals surface area contributed by atoms with Crippen molar-refractivity contribution in [2.24, 2.45) is 0 Å². The number of aromatic nitrogens is 2. The second-order valence-electron chi connectivity index (χ2n) is 2.81. The Bertz CT molecular complexity index is 440. The first-order valence-electron chi connectivity index (χ1n) is 4.08. The predicted octanol–water partition coefficient (Wildman–Crippen LogP) is 1.95. The lowest BCUT2D eigenvalue weighted by Gasteiger charge is -2.03. The molecule has 0 N–H and O–H groups in total. The van der Waals surface area contributed by atoms with Gasteiger partial charge in [-0.3, -0.25) is 0 Å². The van der Waals surface area contributed by atoms with E-state index in [0.29, 0.717) is 5.88 Å². The van der Waals surface area contributed by atoms with Gasteiger partial charge in [-0.05, 0) is 19.1 Å². The van der Waals surface area contributed by atoms with Gasteiger partial charge in [-0.2, -0.15) is 0 Å². The molecule has 1 aromatic carbocycles. The average Bonchev–Trinajstić information content (AvgIpc) is 2.17. The predicted molar refractivity (Wildman–Crippen MR) is 50.8 cm³/mol. The van der Waals surface area contributed by atoms with Crippen LogP contribution in [-0.2, 0) is 0 Å². The number of methoxy groups -OCH3 is 1. The molecule has 0 radical (unpaired) electrons. The number of fused-ring (bicyclic) bond motifs is 1. The lowest BCUT2D eigenvalue weighted by atomic mass is 10.3. The summed E-state index contributed by atoms with van der Waals surface area (Å²) < 4.78 is 5.08. The van der Waals surface area contributed by atoms with Gasteiger partial charge in [0, 0.05) is 0 Å². The van der Waals surface area contributed by atoms with Gasteiger partial charge >= 0.3 is 0 Å². The zero-order chi connectivity index (χ0) is 9.26. The minimum absolute atomic E-state index is 0.596. The molecule has 3 nitrogen and oxygen atoms in total. The number of rotatable bonds is 1. The van der Waals surface area contributed by atoms with E-state index in [9.17, 15) is 0 Å². The van der Waals surface area contributed by atoms with E-state index >= 15 is 0 Å². The molecule has 0 spiro atoms. The van der Waals surface area contributed by atoms with Crippen LogP contribution in [0.15, 0.2) is 24.3 Å². The monoisotopic (exact) mass is 174 g/mol. The quantitative estimate of drug-likeness (QED) is 0.662. The largest absolute Gasteiger partial charge is 0.480 e. The summed E-state index contributed by atoms with van der Waals surface area (Å²) in [4.78, 5) is 8.67. The maximum atomic E-state index is 5.08. The van der Waals surface area contributed by atoms with E-state index in [1.54, 1.807) is 7.11 Å². The van der Waals surface area contributed by atoms with E-state index in [2.05, 4.69) is 9.97 Å². The molecule has 1 heterocycles. The van der Waals surface area contributed by atoms with Crippen LogP contribution in [0.2, 0.25) is 0 Å². The Hall–Kier alpha value is -1.64. The second-order valence-corrected chi connectivity index (χ2v) is 2.81. The van der Waals surface area contributed by atoms with Crippen LogP contribution in [0.3, 0.4) is 0 Å². The third-order valence-corrected chi connectivity index (χ3v) is 1.89. The highest BCUT2D eigenvalue weighted by Crippen LogP contribution is 2.16. The van der Waals surface area contributed by atoms with Gasteiger partial charge in [0.15, 0.2) is 0 Å². The maximum absolute atomic E-state index is 5.08. The van der Waals surface area contributed by atoms with Gasteiger partial charge in [0.05, 0.1) is 18.1 Å². The van der Waals surface area contributed by atoms with Crippen LogP contribution in [0.25, 0.3) is 11.0 Å². The van der Waals surface area contributed by atoms with Crippen LogP contribution < -0.4 is 4.74 Å². The molecule has 13 heavy (non-hydrogen) atoms. The van der Waals surface area contributed by atoms with E-state index in [4.69, 9.17) is 4.74 Å². The fourth-order valence-corrected chi connectivity index (χ4v) is 1.27. The SMILES string of the molecule is COc1nc2ccccc2nc1C. The topological polar surface area (TPSA) is 35.0 Å². The Morgan fingerprint density at radius 3 is 2.31 bits per heavy atom. The molecular formula is C10H10N2O. The van der Waals surface area contributed by atoms with Crippen LogP contribution in [0, 0.1) is 6.92 Å². The van der Waals surface area contributed by atoms with Gasteiger partial charge < -0.3 is 4.74 Å². The number of hydrogen-bond donors (Lipinski definition) is 0. The molecule has 66 valence electrons. The van der Waals surface area contributed by atoms with E-state index in [1.807, 2.05) is 31.2 Å². The molecule has 0 atom stereocenters.